The van der Waals surface area contributed by atoms with Crippen molar-refractivity contribution in [2.24, 2.45) is 0 Å². The van der Waals surface area contributed by atoms with Gasteiger partial charge in [0.05, 0.1) is 23.6 Å². The van der Waals surface area contributed by atoms with Gasteiger partial charge in [0.25, 0.3) is 0 Å². The summed E-state index contributed by atoms with van der Waals surface area (Å²) >= 11 is 1.45. The van der Waals surface area contributed by atoms with E-state index < -0.39 is 9.84 Å². The molecule has 3 rings (SSSR count). The fourth-order valence-corrected chi connectivity index (χ4v) is 5.20. The van der Waals surface area contributed by atoms with Crippen LogP contribution in [0.2, 0.25) is 0 Å². The first-order chi connectivity index (χ1) is 11.9. The SMILES string of the molecule is CN(C(=O)Cc1csc(COc2ccccc2)n1)[C@@H]1CCS(=O)(=O)C1. The highest BCUT2D eigenvalue weighted by Gasteiger charge is 2.32. The Morgan fingerprint density at radius 3 is 2.80 bits per heavy atom. The van der Waals surface area contributed by atoms with Crippen LogP contribution in [0, 0.1) is 0 Å². The van der Waals surface area contributed by atoms with E-state index >= 15 is 0 Å². The molecule has 1 atom stereocenters. The van der Waals surface area contributed by atoms with E-state index in [0.29, 0.717) is 18.7 Å². The van der Waals surface area contributed by atoms with E-state index in [-0.39, 0.29) is 29.9 Å². The molecule has 134 valence electrons. The zero-order valence-electron chi connectivity index (χ0n) is 13.9. The molecule has 0 unspecified atom stereocenters. The number of amides is 1. The summed E-state index contributed by atoms with van der Waals surface area (Å²) in [5, 5.41) is 2.65. The van der Waals surface area contributed by atoms with E-state index in [9.17, 15) is 13.2 Å². The summed E-state index contributed by atoms with van der Waals surface area (Å²) in [6.07, 6.45) is 0.687. The van der Waals surface area contributed by atoms with Crippen LogP contribution in [0.25, 0.3) is 0 Å². The van der Waals surface area contributed by atoms with E-state index in [1.807, 2.05) is 35.7 Å². The lowest BCUT2D eigenvalue weighted by atomic mass is 10.2. The molecule has 0 N–H and O–H groups in total. The molecular formula is C17H20N2O4S2. The van der Waals surface area contributed by atoms with Crippen LogP contribution < -0.4 is 4.74 Å². The second-order valence-electron chi connectivity index (χ2n) is 6.07. The standard InChI is InChI=1S/C17H20N2O4S2/c1-19(14-7-8-25(21,22)12-14)17(20)9-13-11-24-16(18-13)10-23-15-5-3-2-4-6-15/h2-6,11,14H,7-10,12H2,1H3/t14-/m1/s1. The maximum absolute atomic E-state index is 12.4. The maximum Gasteiger partial charge on any atom is 0.228 e. The first-order valence-electron chi connectivity index (χ1n) is 8.00. The molecule has 0 saturated carbocycles. The topological polar surface area (TPSA) is 76.6 Å². The fourth-order valence-electron chi connectivity index (χ4n) is 2.72. The van der Waals surface area contributed by atoms with Crippen molar-refractivity contribution >= 4 is 27.1 Å². The number of ether oxygens (including phenoxy) is 1. The zero-order valence-corrected chi connectivity index (χ0v) is 15.6. The quantitative estimate of drug-likeness (QED) is 0.765. The maximum atomic E-state index is 12.4. The number of hydrogen-bond acceptors (Lipinski definition) is 6. The van der Waals surface area contributed by atoms with E-state index in [2.05, 4.69) is 4.98 Å². The van der Waals surface area contributed by atoms with E-state index in [1.54, 1.807) is 11.9 Å². The highest BCUT2D eigenvalue weighted by atomic mass is 32.2. The molecule has 0 bridgehead atoms. The number of hydrogen-bond donors (Lipinski definition) is 0. The first kappa shape index (κ1) is 17.9. The summed E-state index contributed by atoms with van der Waals surface area (Å²) in [6.45, 7) is 0.361. The molecule has 1 aromatic carbocycles. The summed E-state index contributed by atoms with van der Waals surface area (Å²) in [6, 6.07) is 9.26. The van der Waals surface area contributed by atoms with Crippen LogP contribution in [0.4, 0.5) is 0 Å². The second-order valence-corrected chi connectivity index (χ2v) is 9.24. The van der Waals surface area contributed by atoms with Crippen molar-refractivity contribution in [3.05, 3.63) is 46.4 Å². The molecule has 1 aliphatic rings. The monoisotopic (exact) mass is 380 g/mol. The number of aromatic nitrogens is 1. The lowest BCUT2D eigenvalue weighted by Gasteiger charge is -2.23. The summed E-state index contributed by atoms with van der Waals surface area (Å²) in [7, 11) is -1.33. The predicted molar refractivity (Wildman–Crippen MR) is 96.4 cm³/mol. The third kappa shape index (κ3) is 4.79. The van der Waals surface area contributed by atoms with Crippen molar-refractivity contribution in [3.8, 4) is 5.75 Å². The molecule has 1 fully saturated rings. The Hall–Kier alpha value is -1.93. The number of thiazole rings is 1. The molecule has 0 radical (unpaired) electrons. The minimum absolute atomic E-state index is 0.0580. The number of para-hydroxylation sites is 1. The van der Waals surface area contributed by atoms with Gasteiger partial charge in [-0.15, -0.1) is 11.3 Å². The number of benzene rings is 1. The van der Waals surface area contributed by atoms with E-state index in [4.69, 9.17) is 4.74 Å². The molecule has 2 aromatic rings. The Balaban J connectivity index is 1.53. The lowest BCUT2D eigenvalue weighted by Crippen LogP contribution is -2.38. The van der Waals surface area contributed by atoms with Crippen molar-refractivity contribution in [1.29, 1.82) is 0 Å². The van der Waals surface area contributed by atoms with Gasteiger partial charge in [0.15, 0.2) is 9.84 Å². The molecule has 1 amide bonds. The molecule has 1 aliphatic heterocycles. The number of carbonyl (C=O) groups excluding carboxylic acids is 1. The van der Waals surface area contributed by atoms with Gasteiger partial charge in [-0.3, -0.25) is 4.79 Å². The van der Waals surface area contributed by atoms with Crippen LogP contribution in [0.3, 0.4) is 0 Å². The third-order valence-corrected chi connectivity index (χ3v) is 6.81. The smallest absolute Gasteiger partial charge is 0.228 e. The average molecular weight is 380 g/mol. The highest BCUT2D eigenvalue weighted by molar-refractivity contribution is 7.91. The van der Waals surface area contributed by atoms with Crippen molar-refractivity contribution in [1.82, 2.24) is 9.88 Å². The zero-order chi connectivity index (χ0) is 17.9. The summed E-state index contributed by atoms with van der Waals surface area (Å²) in [4.78, 5) is 18.3. The number of sulfone groups is 1. The molecular weight excluding hydrogens is 360 g/mol. The summed E-state index contributed by atoms with van der Waals surface area (Å²) in [5.74, 6) is 0.885. The molecule has 25 heavy (non-hydrogen) atoms. The summed E-state index contributed by atoms with van der Waals surface area (Å²) in [5.41, 5.74) is 0.689. The average Bonchev–Trinajstić information content (AvgIpc) is 3.19. The molecule has 6 nitrogen and oxygen atoms in total. The van der Waals surface area contributed by atoms with Crippen LogP contribution in [0.1, 0.15) is 17.1 Å². The first-order valence-corrected chi connectivity index (χ1v) is 10.7. The van der Waals surface area contributed by atoms with Gasteiger partial charge >= 0.3 is 0 Å². The lowest BCUT2D eigenvalue weighted by molar-refractivity contribution is -0.130. The van der Waals surface area contributed by atoms with Gasteiger partial charge in [-0.1, -0.05) is 18.2 Å². The van der Waals surface area contributed by atoms with Crippen molar-refractivity contribution in [3.63, 3.8) is 0 Å². The van der Waals surface area contributed by atoms with E-state index in [1.165, 1.54) is 11.3 Å². The minimum Gasteiger partial charge on any atom is -0.486 e. The second kappa shape index (κ2) is 7.53. The van der Waals surface area contributed by atoms with Gasteiger partial charge in [-0.05, 0) is 18.6 Å². The Labute approximate surface area is 151 Å². The summed E-state index contributed by atoms with van der Waals surface area (Å²) < 4.78 is 28.8. The third-order valence-electron chi connectivity index (χ3n) is 4.19. The Kier molecular flexibility index (Phi) is 5.39. The molecule has 0 spiro atoms. The van der Waals surface area contributed by atoms with Gasteiger partial charge < -0.3 is 9.64 Å². The van der Waals surface area contributed by atoms with Crippen molar-refractivity contribution in [2.75, 3.05) is 18.6 Å². The van der Waals surface area contributed by atoms with Gasteiger partial charge in [-0.25, -0.2) is 13.4 Å². The molecule has 1 saturated heterocycles. The van der Waals surface area contributed by atoms with Gasteiger partial charge in [0.1, 0.15) is 17.4 Å². The number of rotatable bonds is 6. The Morgan fingerprint density at radius 1 is 1.36 bits per heavy atom. The van der Waals surface area contributed by atoms with Crippen LogP contribution in [-0.2, 0) is 27.7 Å². The number of nitrogens with zero attached hydrogens (tertiary/aromatic N) is 2. The number of likely N-dealkylation sites (N-methyl/N-ethyl adjacent to an activating group) is 1. The normalized spacial score (nSPS) is 18.8. The van der Waals surface area contributed by atoms with Crippen molar-refractivity contribution < 1.29 is 17.9 Å². The van der Waals surface area contributed by atoms with Crippen LogP contribution in [-0.4, -0.2) is 48.8 Å². The van der Waals surface area contributed by atoms with Gasteiger partial charge in [0, 0.05) is 18.5 Å². The Morgan fingerprint density at radius 2 is 2.12 bits per heavy atom. The van der Waals surface area contributed by atoms with Crippen molar-refractivity contribution in [2.45, 2.75) is 25.5 Å². The van der Waals surface area contributed by atoms with Crippen LogP contribution >= 0.6 is 11.3 Å². The molecule has 0 aliphatic carbocycles. The Bertz CT molecular complexity index is 833. The van der Waals surface area contributed by atoms with Crippen LogP contribution in [0.15, 0.2) is 35.7 Å². The minimum atomic E-state index is -3.00. The van der Waals surface area contributed by atoms with E-state index in [0.717, 1.165) is 10.8 Å². The van der Waals surface area contributed by atoms with Gasteiger partial charge in [0.2, 0.25) is 5.91 Å². The highest BCUT2D eigenvalue weighted by Crippen LogP contribution is 2.19. The molecule has 2 heterocycles. The van der Waals surface area contributed by atoms with Gasteiger partial charge in [-0.2, -0.15) is 0 Å². The largest absolute Gasteiger partial charge is 0.486 e. The molecule has 1 aromatic heterocycles. The predicted octanol–water partition coefficient (Wildman–Crippen LogP) is 1.91. The van der Waals surface area contributed by atoms with Crippen LogP contribution in [0.5, 0.6) is 5.75 Å². The fraction of sp³-hybridized carbons (Fsp3) is 0.412. The molecule has 8 heteroatoms. The number of carbonyl (C=O) groups is 1.